The average molecular weight is 368 g/mol. The molecule has 122 valence electrons. The molecule has 0 saturated heterocycles. The van der Waals surface area contributed by atoms with E-state index in [1.165, 1.54) is 0 Å². The van der Waals surface area contributed by atoms with Crippen molar-refractivity contribution >= 4 is 62.0 Å². The largest absolute Gasteiger partial charge is 0.238 e. The molecule has 4 rings (SSSR count). The molecule has 0 N–H and O–H groups in total. The van der Waals surface area contributed by atoms with Gasteiger partial charge in [-0.25, -0.2) is 9.69 Å². The van der Waals surface area contributed by atoms with Crippen molar-refractivity contribution in [3.63, 3.8) is 0 Å². The van der Waals surface area contributed by atoms with Crippen LogP contribution in [0.4, 0.5) is 11.4 Å². The second-order valence-electron chi connectivity index (χ2n) is 6.09. The van der Waals surface area contributed by atoms with Gasteiger partial charge in [0.1, 0.15) is 0 Å². The number of rotatable bonds is 1. The quantitative estimate of drug-likeness (QED) is 0.298. The van der Waals surface area contributed by atoms with Crippen LogP contribution in [0.5, 0.6) is 0 Å². The molecule has 0 bridgehead atoms. The lowest BCUT2D eigenvalue weighted by molar-refractivity contribution is 1.74. The molecule has 0 spiro atoms. The van der Waals surface area contributed by atoms with Crippen LogP contribution in [0.1, 0.15) is 0 Å². The van der Waals surface area contributed by atoms with Crippen LogP contribution in [0.25, 0.3) is 42.4 Å². The molecule has 4 heteroatoms. The van der Waals surface area contributed by atoms with E-state index in [4.69, 9.17) is 13.1 Å². The lowest BCUT2D eigenvalue weighted by Crippen LogP contribution is -2.05. The molecule has 4 aromatic carbocycles. The molecule has 0 aromatic heterocycles. The highest BCUT2D eigenvalue weighted by atomic mass is 31.0. The normalized spacial score (nSPS) is 10.6. The van der Waals surface area contributed by atoms with Gasteiger partial charge in [-0.1, -0.05) is 48.5 Å². The summed E-state index contributed by atoms with van der Waals surface area (Å²) in [5, 5.41) is 6.57. The highest BCUT2D eigenvalue weighted by Crippen LogP contribution is 2.36. The first-order valence-electron chi connectivity index (χ1n) is 8.02. The van der Waals surface area contributed by atoms with Crippen molar-refractivity contribution < 1.29 is 0 Å². The van der Waals surface area contributed by atoms with Crippen LogP contribution >= 0.6 is 18.5 Å². The summed E-state index contributed by atoms with van der Waals surface area (Å²) in [4.78, 5) is 7.09. The third-order valence-corrected chi connectivity index (χ3v) is 5.54. The van der Waals surface area contributed by atoms with Crippen LogP contribution in [0.15, 0.2) is 60.7 Å². The minimum absolute atomic E-state index is 0.644. The van der Waals surface area contributed by atoms with Gasteiger partial charge in [-0.3, -0.25) is 0 Å². The summed E-state index contributed by atoms with van der Waals surface area (Å²) < 4.78 is 0. The van der Waals surface area contributed by atoms with E-state index < -0.39 is 0 Å². The fraction of sp³-hybridized carbons (Fsp3) is 0. The van der Waals surface area contributed by atoms with Gasteiger partial charge >= 0.3 is 0 Å². The Morgan fingerprint density at radius 1 is 0.577 bits per heavy atom. The molecular formula is C22H14N2P2. The number of hydrogen-bond donors (Lipinski definition) is 0. The summed E-state index contributed by atoms with van der Waals surface area (Å²) in [5.74, 6) is 0. The van der Waals surface area contributed by atoms with Gasteiger partial charge in [-0.15, -0.1) is 18.5 Å². The van der Waals surface area contributed by atoms with Gasteiger partial charge in [0.25, 0.3) is 0 Å². The molecule has 0 aliphatic carbocycles. The van der Waals surface area contributed by atoms with Gasteiger partial charge in [0.2, 0.25) is 0 Å². The first kappa shape index (κ1) is 16.7. The fourth-order valence-electron chi connectivity index (χ4n) is 3.37. The van der Waals surface area contributed by atoms with E-state index in [1.807, 2.05) is 36.4 Å². The zero-order chi connectivity index (χ0) is 18.3. The van der Waals surface area contributed by atoms with E-state index in [0.717, 1.165) is 43.3 Å². The maximum atomic E-state index is 7.25. The number of benzene rings is 4. The van der Waals surface area contributed by atoms with Crippen LogP contribution in [0.3, 0.4) is 0 Å². The summed E-state index contributed by atoms with van der Waals surface area (Å²) in [6.45, 7) is 14.5. The molecule has 2 unspecified atom stereocenters. The van der Waals surface area contributed by atoms with E-state index in [0.29, 0.717) is 11.4 Å². The summed E-state index contributed by atoms with van der Waals surface area (Å²) in [5.41, 5.74) is 3.58. The fourth-order valence-corrected chi connectivity index (χ4v) is 4.16. The Bertz CT molecular complexity index is 1180. The molecule has 26 heavy (non-hydrogen) atoms. The van der Waals surface area contributed by atoms with Crippen molar-refractivity contribution in [3.05, 3.63) is 83.5 Å². The maximum absolute atomic E-state index is 7.25. The van der Waals surface area contributed by atoms with E-state index in [9.17, 15) is 0 Å². The van der Waals surface area contributed by atoms with Crippen LogP contribution in [-0.2, 0) is 0 Å². The molecule has 2 nitrogen and oxygen atoms in total. The van der Waals surface area contributed by atoms with Crippen LogP contribution in [0.2, 0.25) is 0 Å². The standard InChI is InChI=1S/C22H14N2P2/c1-23-15-5-7-17-13(11-15)3-9-19(25)21(17)22-18-8-6-16(24-2)12-14(18)4-10-20(22)26/h3-12H,25-26H2. The molecular weight excluding hydrogens is 354 g/mol. The zero-order valence-corrected chi connectivity index (χ0v) is 16.1. The van der Waals surface area contributed by atoms with Crippen LogP contribution < -0.4 is 10.6 Å². The highest BCUT2D eigenvalue weighted by molar-refractivity contribution is 7.29. The van der Waals surface area contributed by atoms with E-state index in [-0.39, 0.29) is 0 Å². The predicted molar refractivity (Wildman–Crippen MR) is 118 cm³/mol. The average Bonchev–Trinajstić information content (AvgIpc) is 2.68. The summed E-state index contributed by atoms with van der Waals surface area (Å²) in [6.07, 6.45) is 0. The molecule has 4 aromatic rings. The number of fused-ring (bicyclic) bond motifs is 2. The topological polar surface area (TPSA) is 8.72 Å². The van der Waals surface area contributed by atoms with Crippen molar-refractivity contribution in [2.45, 2.75) is 0 Å². The lowest BCUT2D eigenvalue weighted by Gasteiger charge is -2.16. The molecule has 0 aliphatic rings. The molecule has 0 saturated carbocycles. The van der Waals surface area contributed by atoms with Crippen LogP contribution in [0, 0.1) is 13.1 Å². The van der Waals surface area contributed by atoms with E-state index >= 15 is 0 Å². The predicted octanol–water partition coefficient (Wildman–Crippen LogP) is 5.76. The minimum Gasteiger partial charge on any atom is -0.238 e. The van der Waals surface area contributed by atoms with Crippen LogP contribution in [-0.4, -0.2) is 0 Å². The van der Waals surface area contributed by atoms with Gasteiger partial charge in [0.15, 0.2) is 11.4 Å². The Kier molecular flexibility index (Phi) is 4.18. The molecule has 0 aliphatic heterocycles. The SMILES string of the molecule is [C-]#[N+]c1ccc2c(-c3c(P)ccc4cc([N+]#[C-])ccc34)c(P)ccc2c1. The van der Waals surface area contributed by atoms with Gasteiger partial charge in [0.05, 0.1) is 13.1 Å². The third kappa shape index (κ3) is 2.66. The Morgan fingerprint density at radius 2 is 1.00 bits per heavy atom. The smallest absolute Gasteiger partial charge is 0.187 e. The summed E-state index contributed by atoms with van der Waals surface area (Å²) >= 11 is 0. The second-order valence-corrected chi connectivity index (χ2v) is 7.34. The lowest BCUT2D eigenvalue weighted by atomic mass is 9.93. The van der Waals surface area contributed by atoms with Crippen molar-refractivity contribution in [3.8, 4) is 11.1 Å². The first-order chi connectivity index (χ1) is 12.6. The van der Waals surface area contributed by atoms with Crippen molar-refractivity contribution in [1.82, 2.24) is 0 Å². The van der Waals surface area contributed by atoms with Gasteiger partial charge < -0.3 is 0 Å². The minimum atomic E-state index is 0.644. The third-order valence-electron chi connectivity index (χ3n) is 4.58. The van der Waals surface area contributed by atoms with Crippen molar-refractivity contribution in [2.24, 2.45) is 0 Å². The number of hydrogen-bond acceptors (Lipinski definition) is 0. The second kappa shape index (κ2) is 6.52. The van der Waals surface area contributed by atoms with Gasteiger partial charge in [-0.05, 0) is 55.4 Å². The first-order valence-corrected chi connectivity index (χ1v) is 9.17. The van der Waals surface area contributed by atoms with Crippen molar-refractivity contribution in [1.29, 1.82) is 0 Å². The van der Waals surface area contributed by atoms with E-state index in [2.05, 4.69) is 52.4 Å². The van der Waals surface area contributed by atoms with Gasteiger partial charge in [0, 0.05) is 0 Å². The summed E-state index contributed by atoms with van der Waals surface area (Å²) in [6, 6.07) is 19.9. The maximum Gasteiger partial charge on any atom is 0.187 e. The zero-order valence-electron chi connectivity index (χ0n) is 13.8. The van der Waals surface area contributed by atoms with Crippen molar-refractivity contribution in [2.75, 3.05) is 0 Å². The monoisotopic (exact) mass is 368 g/mol. The van der Waals surface area contributed by atoms with E-state index in [1.54, 1.807) is 0 Å². The summed E-state index contributed by atoms with van der Waals surface area (Å²) in [7, 11) is 5.66. The molecule has 0 heterocycles. The Morgan fingerprint density at radius 3 is 1.38 bits per heavy atom. The number of nitrogens with zero attached hydrogens (tertiary/aromatic N) is 2. The molecule has 0 radical (unpaired) electrons. The molecule has 0 amide bonds. The Labute approximate surface area is 156 Å². The molecule has 2 atom stereocenters. The molecule has 0 fully saturated rings. The Hall–Kier alpha value is -2.76. The van der Waals surface area contributed by atoms with Gasteiger partial charge in [-0.2, -0.15) is 0 Å². The Balaban J connectivity index is 2.13. The highest BCUT2D eigenvalue weighted by Gasteiger charge is 2.14.